The Labute approximate surface area is 188 Å². The fourth-order valence-corrected chi connectivity index (χ4v) is 4.14. The van der Waals surface area contributed by atoms with Crippen molar-refractivity contribution < 1.29 is 9.59 Å². The Balaban J connectivity index is 1.53. The second kappa shape index (κ2) is 9.34. The largest absolute Gasteiger partial charge is 0.341 e. The van der Waals surface area contributed by atoms with Gasteiger partial charge in [0.2, 0.25) is 5.91 Å². The summed E-state index contributed by atoms with van der Waals surface area (Å²) in [4.78, 5) is 29.3. The van der Waals surface area contributed by atoms with E-state index in [1.807, 2.05) is 41.1 Å². The molecular formula is C25H31BrN2O2. The molecule has 1 aliphatic heterocycles. The van der Waals surface area contributed by atoms with Crippen molar-refractivity contribution in [2.24, 2.45) is 5.92 Å². The predicted molar refractivity (Wildman–Crippen MR) is 124 cm³/mol. The summed E-state index contributed by atoms with van der Waals surface area (Å²) in [6, 6.07) is 16.0. The topological polar surface area (TPSA) is 40.6 Å². The fraction of sp³-hybridized carbons (Fsp3) is 0.440. The summed E-state index contributed by atoms with van der Waals surface area (Å²) in [6.45, 7) is 8.46. The van der Waals surface area contributed by atoms with Crippen LogP contribution in [0.2, 0.25) is 0 Å². The molecular weight excluding hydrogens is 440 g/mol. The lowest BCUT2D eigenvalue weighted by atomic mass is 9.86. The van der Waals surface area contributed by atoms with Crippen molar-refractivity contribution in [3.63, 3.8) is 0 Å². The van der Waals surface area contributed by atoms with Gasteiger partial charge in [-0.3, -0.25) is 9.59 Å². The first-order valence-corrected chi connectivity index (χ1v) is 11.3. The Morgan fingerprint density at radius 2 is 1.57 bits per heavy atom. The molecule has 3 rings (SSSR count). The first-order valence-electron chi connectivity index (χ1n) is 10.5. The number of halogens is 1. The summed E-state index contributed by atoms with van der Waals surface area (Å²) >= 11 is 3.40. The smallest absolute Gasteiger partial charge is 0.253 e. The molecule has 1 fully saturated rings. The number of rotatable bonds is 4. The molecule has 160 valence electrons. The van der Waals surface area contributed by atoms with Gasteiger partial charge < -0.3 is 9.80 Å². The second-order valence-electron chi connectivity index (χ2n) is 9.21. The van der Waals surface area contributed by atoms with Gasteiger partial charge in [0.05, 0.1) is 0 Å². The minimum absolute atomic E-state index is 0.0159. The molecule has 1 aliphatic rings. The SMILES string of the molecule is CN(Cc1ccc(C(C)(C)C)cc1)C(=O)C1CCN(C(=O)c2ccc(Br)cc2)CC1. The van der Waals surface area contributed by atoms with Gasteiger partial charge in [-0.05, 0) is 53.6 Å². The lowest BCUT2D eigenvalue weighted by molar-refractivity contribution is -0.136. The molecule has 2 aromatic rings. The van der Waals surface area contributed by atoms with Crippen molar-refractivity contribution in [1.29, 1.82) is 0 Å². The zero-order valence-corrected chi connectivity index (χ0v) is 19.9. The van der Waals surface area contributed by atoms with E-state index >= 15 is 0 Å². The van der Waals surface area contributed by atoms with E-state index in [1.165, 1.54) is 5.56 Å². The number of hydrogen-bond donors (Lipinski definition) is 0. The van der Waals surface area contributed by atoms with E-state index < -0.39 is 0 Å². The van der Waals surface area contributed by atoms with Crippen molar-refractivity contribution >= 4 is 27.7 Å². The van der Waals surface area contributed by atoms with Crippen LogP contribution >= 0.6 is 15.9 Å². The maximum Gasteiger partial charge on any atom is 0.253 e. The Morgan fingerprint density at radius 1 is 1.00 bits per heavy atom. The molecule has 0 bridgehead atoms. The summed E-state index contributed by atoms with van der Waals surface area (Å²) in [5.41, 5.74) is 3.26. The van der Waals surface area contributed by atoms with Crippen molar-refractivity contribution in [1.82, 2.24) is 9.80 Å². The maximum atomic E-state index is 12.9. The predicted octanol–water partition coefficient (Wildman–Crippen LogP) is 5.26. The van der Waals surface area contributed by atoms with Crippen LogP contribution in [0.5, 0.6) is 0 Å². The molecule has 0 N–H and O–H groups in total. The highest BCUT2D eigenvalue weighted by molar-refractivity contribution is 9.10. The number of benzene rings is 2. The van der Waals surface area contributed by atoms with Crippen LogP contribution in [-0.2, 0) is 16.8 Å². The van der Waals surface area contributed by atoms with Crippen molar-refractivity contribution in [2.75, 3.05) is 20.1 Å². The van der Waals surface area contributed by atoms with Crippen LogP contribution in [0.3, 0.4) is 0 Å². The van der Waals surface area contributed by atoms with E-state index in [-0.39, 0.29) is 23.1 Å². The van der Waals surface area contributed by atoms with Crippen LogP contribution in [0.4, 0.5) is 0 Å². The monoisotopic (exact) mass is 470 g/mol. The molecule has 2 aromatic carbocycles. The number of carbonyl (C=O) groups excluding carboxylic acids is 2. The molecule has 5 heteroatoms. The van der Waals surface area contributed by atoms with Gasteiger partial charge in [0.25, 0.3) is 5.91 Å². The minimum Gasteiger partial charge on any atom is -0.341 e. The number of piperidine rings is 1. The lowest BCUT2D eigenvalue weighted by Crippen LogP contribution is -2.43. The number of carbonyl (C=O) groups is 2. The highest BCUT2D eigenvalue weighted by Gasteiger charge is 2.29. The number of amides is 2. The summed E-state index contributed by atoms with van der Waals surface area (Å²) in [6.07, 6.45) is 1.43. The Morgan fingerprint density at radius 3 is 2.10 bits per heavy atom. The standard InChI is InChI=1S/C25H31BrN2O2/c1-25(2,3)21-9-5-18(6-10-21)17-27(4)23(29)20-13-15-28(16-14-20)24(30)19-7-11-22(26)12-8-19/h5-12,20H,13-17H2,1-4H3. The van der Waals surface area contributed by atoms with E-state index in [0.717, 1.165) is 10.0 Å². The molecule has 0 radical (unpaired) electrons. The molecule has 1 saturated heterocycles. The highest BCUT2D eigenvalue weighted by atomic mass is 79.9. The van der Waals surface area contributed by atoms with E-state index in [1.54, 1.807) is 0 Å². The van der Waals surface area contributed by atoms with E-state index in [9.17, 15) is 9.59 Å². The number of hydrogen-bond acceptors (Lipinski definition) is 2. The van der Waals surface area contributed by atoms with Gasteiger partial charge in [0.1, 0.15) is 0 Å². The third kappa shape index (κ3) is 5.51. The van der Waals surface area contributed by atoms with Crippen molar-refractivity contribution in [3.8, 4) is 0 Å². The first-order chi connectivity index (χ1) is 14.1. The Bertz CT molecular complexity index is 877. The van der Waals surface area contributed by atoms with E-state index in [2.05, 4.69) is 61.0 Å². The summed E-state index contributed by atoms with van der Waals surface area (Å²) in [7, 11) is 1.87. The average molecular weight is 471 g/mol. The van der Waals surface area contributed by atoms with Gasteiger partial charge in [-0.1, -0.05) is 61.0 Å². The van der Waals surface area contributed by atoms with Gasteiger partial charge in [-0.15, -0.1) is 0 Å². The van der Waals surface area contributed by atoms with Crippen LogP contribution < -0.4 is 0 Å². The zero-order chi connectivity index (χ0) is 21.9. The average Bonchev–Trinajstić information content (AvgIpc) is 2.73. The number of nitrogens with zero attached hydrogens (tertiary/aromatic N) is 2. The van der Waals surface area contributed by atoms with Crippen LogP contribution in [0, 0.1) is 5.92 Å². The Hall–Kier alpha value is -2.14. The molecule has 0 saturated carbocycles. The second-order valence-corrected chi connectivity index (χ2v) is 10.1. The van der Waals surface area contributed by atoms with Crippen LogP contribution in [-0.4, -0.2) is 41.8 Å². The lowest BCUT2D eigenvalue weighted by Gasteiger charge is -2.33. The molecule has 0 atom stereocenters. The van der Waals surface area contributed by atoms with E-state index in [0.29, 0.717) is 38.0 Å². The van der Waals surface area contributed by atoms with Gasteiger partial charge in [0.15, 0.2) is 0 Å². The molecule has 0 unspecified atom stereocenters. The molecule has 2 amide bonds. The van der Waals surface area contributed by atoms with Crippen LogP contribution in [0.15, 0.2) is 53.0 Å². The third-order valence-electron chi connectivity index (χ3n) is 5.84. The zero-order valence-electron chi connectivity index (χ0n) is 18.3. The van der Waals surface area contributed by atoms with Gasteiger partial charge in [-0.25, -0.2) is 0 Å². The molecule has 0 aromatic heterocycles. The van der Waals surface area contributed by atoms with Crippen LogP contribution in [0.1, 0.15) is 55.1 Å². The quantitative estimate of drug-likeness (QED) is 0.611. The normalized spacial score (nSPS) is 15.2. The fourth-order valence-electron chi connectivity index (χ4n) is 3.88. The highest BCUT2D eigenvalue weighted by Crippen LogP contribution is 2.24. The van der Waals surface area contributed by atoms with Crippen LogP contribution in [0.25, 0.3) is 0 Å². The molecule has 0 spiro atoms. The van der Waals surface area contributed by atoms with Crippen molar-refractivity contribution in [2.45, 2.75) is 45.6 Å². The molecule has 0 aliphatic carbocycles. The summed E-state index contributed by atoms with van der Waals surface area (Å²) < 4.78 is 0.958. The van der Waals surface area contributed by atoms with Crippen molar-refractivity contribution in [3.05, 3.63) is 69.7 Å². The first kappa shape index (κ1) is 22.5. The van der Waals surface area contributed by atoms with Gasteiger partial charge in [-0.2, -0.15) is 0 Å². The summed E-state index contributed by atoms with van der Waals surface area (Å²) in [5.74, 6) is 0.198. The summed E-state index contributed by atoms with van der Waals surface area (Å²) in [5, 5.41) is 0. The molecule has 4 nitrogen and oxygen atoms in total. The van der Waals surface area contributed by atoms with Gasteiger partial charge in [0, 0.05) is 42.6 Å². The Kier molecular flexibility index (Phi) is 7.02. The maximum absolute atomic E-state index is 12.9. The number of likely N-dealkylation sites (tertiary alicyclic amines) is 1. The third-order valence-corrected chi connectivity index (χ3v) is 6.37. The van der Waals surface area contributed by atoms with Gasteiger partial charge >= 0.3 is 0 Å². The minimum atomic E-state index is -0.0159. The van der Waals surface area contributed by atoms with E-state index in [4.69, 9.17) is 0 Å². The molecule has 1 heterocycles. The molecule has 30 heavy (non-hydrogen) atoms.